The van der Waals surface area contributed by atoms with Crippen molar-refractivity contribution in [2.45, 2.75) is 6.92 Å². The highest BCUT2D eigenvalue weighted by atomic mass is 19.1. The van der Waals surface area contributed by atoms with Gasteiger partial charge in [-0.3, -0.25) is 9.59 Å². The third-order valence-electron chi connectivity index (χ3n) is 3.95. The van der Waals surface area contributed by atoms with Crippen LogP contribution in [0.5, 0.6) is 0 Å². The van der Waals surface area contributed by atoms with Gasteiger partial charge in [-0.2, -0.15) is 0 Å². The zero-order valence-corrected chi connectivity index (χ0v) is 13.5. The van der Waals surface area contributed by atoms with Crippen LogP contribution in [0.15, 0.2) is 48.5 Å². The van der Waals surface area contributed by atoms with E-state index >= 15 is 0 Å². The molecule has 1 saturated heterocycles. The van der Waals surface area contributed by atoms with E-state index in [4.69, 9.17) is 0 Å². The second-order valence-corrected chi connectivity index (χ2v) is 5.70. The van der Waals surface area contributed by atoms with Crippen molar-refractivity contribution in [2.75, 3.05) is 16.8 Å². The van der Waals surface area contributed by atoms with Crippen LogP contribution in [-0.4, -0.2) is 24.4 Å². The summed E-state index contributed by atoms with van der Waals surface area (Å²) in [6.07, 6.45) is 0. The molecule has 1 aliphatic rings. The molecule has 2 aromatic rings. The Morgan fingerprint density at radius 1 is 1.20 bits per heavy atom. The minimum absolute atomic E-state index is 0.110. The number of imide groups is 1. The van der Waals surface area contributed by atoms with E-state index in [0.29, 0.717) is 11.3 Å². The number of para-hydroxylation sites is 1. The van der Waals surface area contributed by atoms with Crippen molar-refractivity contribution in [1.29, 1.82) is 0 Å². The fourth-order valence-electron chi connectivity index (χ4n) is 2.54. The first-order chi connectivity index (χ1) is 12.0. The Bertz CT molecular complexity index is 839. The first-order valence-corrected chi connectivity index (χ1v) is 7.71. The van der Waals surface area contributed by atoms with Gasteiger partial charge in [-0.1, -0.05) is 24.3 Å². The van der Waals surface area contributed by atoms with Gasteiger partial charge >= 0.3 is 6.03 Å². The second-order valence-electron chi connectivity index (χ2n) is 5.70. The highest BCUT2D eigenvalue weighted by Crippen LogP contribution is 2.21. The van der Waals surface area contributed by atoms with Gasteiger partial charge < -0.3 is 10.6 Å². The van der Waals surface area contributed by atoms with Crippen LogP contribution in [0.4, 0.5) is 20.6 Å². The number of halogens is 1. The summed E-state index contributed by atoms with van der Waals surface area (Å²) < 4.78 is 13.6. The summed E-state index contributed by atoms with van der Waals surface area (Å²) in [6, 6.07) is 12.0. The summed E-state index contributed by atoms with van der Waals surface area (Å²) >= 11 is 0. The number of hydrogen-bond donors (Lipinski definition) is 2. The second kappa shape index (κ2) is 6.72. The normalized spacial score (nSPS) is 17.2. The van der Waals surface area contributed by atoms with Crippen LogP contribution in [-0.2, 0) is 9.59 Å². The van der Waals surface area contributed by atoms with E-state index in [1.807, 2.05) is 0 Å². The van der Waals surface area contributed by atoms with Crippen molar-refractivity contribution in [3.63, 3.8) is 0 Å². The van der Waals surface area contributed by atoms with E-state index in [1.165, 1.54) is 12.1 Å². The number of aryl methyl sites for hydroxylation is 1. The highest BCUT2D eigenvalue weighted by molar-refractivity contribution is 6.23. The number of rotatable bonds is 3. The largest absolute Gasteiger partial charge is 0.336 e. The van der Waals surface area contributed by atoms with E-state index in [9.17, 15) is 18.8 Å². The highest BCUT2D eigenvalue weighted by Gasteiger charge is 2.39. The summed E-state index contributed by atoms with van der Waals surface area (Å²) in [7, 11) is 0. The van der Waals surface area contributed by atoms with Crippen LogP contribution < -0.4 is 15.5 Å². The predicted octanol–water partition coefficient (Wildman–Crippen LogP) is 2.45. The maximum absolute atomic E-state index is 13.6. The van der Waals surface area contributed by atoms with Crippen LogP contribution in [0, 0.1) is 18.7 Å². The third-order valence-corrected chi connectivity index (χ3v) is 3.95. The Morgan fingerprint density at radius 2 is 1.92 bits per heavy atom. The lowest BCUT2D eigenvalue weighted by molar-refractivity contribution is -0.130. The molecule has 1 unspecified atom stereocenters. The van der Waals surface area contributed by atoms with Gasteiger partial charge in [-0.25, -0.2) is 14.1 Å². The molecule has 1 aliphatic heterocycles. The molecule has 128 valence electrons. The Morgan fingerprint density at radius 3 is 2.60 bits per heavy atom. The molecular weight excluding hydrogens is 325 g/mol. The molecule has 0 bridgehead atoms. The maximum Gasteiger partial charge on any atom is 0.328 e. The molecule has 4 amide bonds. The molecule has 6 nitrogen and oxygen atoms in total. The molecule has 3 rings (SSSR count). The van der Waals surface area contributed by atoms with Gasteiger partial charge in [0, 0.05) is 12.2 Å². The van der Waals surface area contributed by atoms with Gasteiger partial charge in [-0.05, 0) is 36.8 Å². The van der Waals surface area contributed by atoms with Crippen molar-refractivity contribution in [3.8, 4) is 0 Å². The zero-order valence-electron chi connectivity index (χ0n) is 13.5. The minimum atomic E-state index is -1.10. The number of carbonyl (C=O) groups is 3. The summed E-state index contributed by atoms with van der Waals surface area (Å²) in [5, 5.41) is 5.05. The molecule has 2 aromatic carbocycles. The number of amides is 4. The zero-order chi connectivity index (χ0) is 18.0. The third kappa shape index (κ3) is 3.35. The summed E-state index contributed by atoms with van der Waals surface area (Å²) in [6.45, 7) is 1.50. The van der Waals surface area contributed by atoms with Crippen LogP contribution in [0.1, 0.15) is 5.56 Å². The van der Waals surface area contributed by atoms with Crippen LogP contribution in [0.2, 0.25) is 0 Å². The summed E-state index contributed by atoms with van der Waals surface area (Å²) in [5.41, 5.74) is 1.09. The first kappa shape index (κ1) is 16.6. The fraction of sp³-hybridized carbons (Fsp3) is 0.167. The Kier molecular flexibility index (Phi) is 4.47. The van der Waals surface area contributed by atoms with Gasteiger partial charge in [0.05, 0.1) is 5.69 Å². The van der Waals surface area contributed by atoms with Gasteiger partial charge in [0.2, 0.25) is 11.8 Å². The van der Waals surface area contributed by atoms with E-state index < -0.39 is 29.6 Å². The molecule has 0 aliphatic carbocycles. The van der Waals surface area contributed by atoms with Crippen molar-refractivity contribution in [3.05, 3.63) is 59.9 Å². The molecule has 1 atom stereocenters. The average Bonchev–Trinajstić information content (AvgIpc) is 2.59. The maximum atomic E-state index is 13.6. The number of nitrogens with zero attached hydrogens (tertiary/aromatic N) is 1. The van der Waals surface area contributed by atoms with Gasteiger partial charge in [-0.15, -0.1) is 0 Å². The number of nitrogens with one attached hydrogen (secondary N) is 2. The van der Waals surface area contributed by atoms with Gasteiger partial charge in [0.1, 0.15) is 11.7 Å². The number of urea groups is 1. The Labute approximate surface area is 143 Å². The molecule has 7 heteroatoms. The lowest BCUT2D eigenvalue weighted by Crippen LogP contribution is -2.58. The fourth-order valence-corrected chi connectivity index (χ4v) is 2.54. The molecule has 0 radical (unpaired) electrons. The molecule has 0 spiro atoms. The lowest BCUT2D eigenvalue weighted by Gasteiger charge is -2.30. The van der Waals surface area contributed by atoms with E-state index in [0.717, 1.165) is 4.90 Å². The molecular formula is C18H16FN3O3. The van der Waals surface area contributed by atoms with Gasteiger partial charge in [0.15, 0.2) is 0 Å². The monoisotopic (exact) mass is 341 g/mol. The molecule has 1 heterocycles. The van der Waals surface area contributed by atoms with Crippen molar-refractivity contribution in [1.82, 2.24) is 5.32 Å². The summed E-state index contributed by atoms with van der Waals surface area (Å²) in [4.78, 5) is 38.0. The van der Waals surface area contributed by atoms with Crippen molar-refractivity contribution >= 4 is 29.2 Å². The Balaban J connectivity index is 1.79. The lowest BCUT2D eigenvalue weighted by atomic mass is 10.0. The van der Waals surface area contributed by atoms with Crippen LogP contribution >= 0.6 is 0 Å². The van der Waals surface area contributed by atoms with Crippen LogP contribution in [0.25, 0.3) is 0 Å². The first-order valence-electron chi connectivity index (χ1n) is 7.71. The quantitative estimate of drug-likeness (QED) is 0.842. The summed E-state index contributed by atoms with van der Waals surface area (Å²) in [5.74, 6) is -2.77. The molecule has 25 heavy (non-hydrogen) atoms. The number of benzene rings is 2. The van der Waals surface area contributed by atoms with E-state index in [2.05, 4.69) is 10.6 Å². The van der Waals surface area contributed by atoms with Crippen molar-refractivity contribution in [2.24, 2.45) is 5.92 Å². The Hall–Kier alpha value is -3.22. The van der Waals surface area contributed by atoms with Crippen LogP contribution in [0.3, 0.4) is 0 Å². The molecule has 2 N–H and O–H groups in total. The number of carbonyl (C=O) groups excluding carboxylic acids is 3. The van der Waals surface area contributed by atoms with E-state index in [-0.39, 0.29) is 12.2 Å². The molecule has 0 aromatic heterocycles. The van der Waals surface area contributed by atoms with Crippen molar-refractivity contribution < 1.29 is 18.8 Å². The minimum Gasteiger partial charge on any atom is -0.336 e. The number of anilines is 2. The van der Waals surface area contributed by atoms with Gasteiger partial charge in [0.25, 0.3) is 0 Å². The average molecular weight is 341 g/mol. The standard InChI is InChI=1S/C18H16FN3O3/c1-11-7-8-12(9-15(11)19)21-16(23)14-10-20-18(25)22(17(14)24)13-5-3-2-4-6-13/h2-9,14H,10H2,1H3,(H,20,25)(H,21,23). The number of hydrogen-bond acceptors (Lipinski definition) is 3. The predicted molar refractivity (Wildman–Crippen MR) is 90.6 cm³/mol. The molecule has 0 saturated carbocycles. The smallest absolute Gasteiger partial charge is 0.328 e. The SMILES string of the molecule is Cc1ccc(NC(=O)C2CNC(=O)N(c3ccccc3)C2=O)cc1F. The molecule has 1 fully saturated rings. The van der Waals surface area contributed by atoms with E-state index in [1.54, 1.807) is 43.3 Å². The topological polar surface area (TPSA) is 78.5 Å².